The summed E-state index contributed by atoms with van der Waals surface area (Å²) in [7, 11) is -3.80. The molecule has 5 aromatic rings. The number of aryl methyl sites for hydroxylation is 1. The molecule has 0 fully saturated rings. The van der Waals surface area contributed by atoms with Gasteiger partial charge in [0.2, 0.25) is 0 Å². The third-order valence-corrected chi connectivity index (χ3v) is 10.4. The summed E-state index contributed by atoms with van der Waals surface area (Å²) in [6.07, 6.45) is 2.90. The predicted octanol–water partition coefficient (Wildman–Crippen LogP) is 8.18. The number of hydrogen-bond acceptors (Lipinski definition) is 11. The van der Waals surface area contributed by atoms with E-state index in [1.54, 1.807) is 12.1 Å². The van der Waals surface area contributed by atoms with Gasteiger partial charge in [0.15, 0.2) is 21.5 Å². The Bertz CT molecular complexity index is 2380. The summed E-state index contributed by atoms with van der Waals surface area (Å²) in [5, 5.41) is 8.28. The maximum Gasteiger partial charge on any atom is 0.297 e. The molecule has 0 amide bonds. The fourth-order valence-electron chi connectivity index (χ4n) is 5.19. The minimum absolute atomic E-state index is 0.00782. The molecule has 13 nitrogen and oxygen atoms in total. The molecule has 60 heavy (non-hydrogen) atoms. The first kappa shape index (κ1) is 48.0. The molecule has 0 radical (unpaired) electrons. The zero-order valence-electron chi connectivity index (χ0n) is 34.7. The van der Waals surface area contributed by atoms with Crippen LogP contribution in [0.5, 0.6) is 11.5 Å². The largest absolute Gasteiger partial charge is 0.485 e. The molecule has 0 aliphatic heterocycles. The van der Waals surface area contributed by atoms with Crippen LogP contribution in [0.2, 0.25) is 10.0 Å². The Hall–Kier alpha value is -4.64. The van der Waals surface area contributed by atoms with Gasteiger partial charge in [-0.25, -0.2) is 13.8 Å². The minimum atomic E-state index is -3.80. The van der Waals surface area contributed by atoms with Crippen LogP contribution < -0.4 is 20.6 Å². The Labute approximate surface area is 360 Å². The van der Waals surface area contributed by atoms with Crippen LogP contribution in [0.1, 0.15) is 69.4 Å². The first-order valence-corrected chi connectivity index (χ1v) is 21.1. The monoisotopic (exact) mass is 887 g/mol. The van der Waals surface area contributed by atoms with Crippen LogP contribution in [0.15, 0.2) is 99.7 Å². The van der Waals surface area contributed by atoms with Gasteiger partial charge in [-0.3, -0.25) is 13.8 Å². The molecule has 2 heterocycles. The molecule has 0 aliphatic carbocycles. The highest BCUT2D eigenvalue weighted by Crippen LogP contribution is 2.23. The molecule has 0 unspecified atom stereocenters. The van der Waals surface area contributed by atoms with Crippen LogP contribution in [0.3, 0.4) is 0 Å². The Balaban J connectivity index is 0.000000280. The number of rotatable bonds is 17. The van der Waals surface area contributed by atoms with Crippen molar-refractivity contribution in [2.75, 3.05) is 26.5 Å². The topological polar surface area (TPSA) is 150 Å². The summed E-state index contributed by atoms with van der Waals surface area (Å²) in [4.78, 5) is 24.8. The summed E-state index contributed by atoms with van der Waals surface area (Å²) in [5.41, 5.74) is 2.87. The second-order valence-electron chi connectivity index (χ2n) is 15.5. The third-order valence-electron chi connectivity index (χ3n) is 8.41. The molecular formula is C43H51Cl2FN4O9S. The van der Waals surface area contributed by atoms with Crippen molar-refractivity contribution in [2.24, 2.45) is 0 Å². The predicted molar refractivity (Wildman–Crippen MR) is 228 cm³/mol. The van der Waals surface area contributed by atoms with Crippen LogP contribution >= 0.6 is 23.2 Å². The molecule has 2 aromatic heterocycles. The van der Waals surface area contributed by atoms with Crippen molar-refractivity contribution < 1.29 is 35.9 Å². The summed E-state index contributed by atoms with van der Waals surface area (Å²) >= 11 is 12.3. The quantitative estimate of drug-likeness (QED) is 0.0657. The lowest BCUT2D eigenvalue weighted by atomic mass is 10.1. The van der Waals surface area contributed by atoms with E-state index in [-0.39, 0.29) is 65.0 Å². The highest BCUT2D eigenvalue weighted by atomic mass is 35.5. The average Bonchev–Trinajstić information content (AvgIpc) is 3.19. The highest BCUT2D eigenvalue weighted by molar-refractivity contribution is 7.86. The van der Waals surface area contributed by atoms with Crippen molar-refractivity contribution in [3.63, 3.8) is 0 Å². The second kappa shape index (κ2) is 21.7. The summed E-state index contributed by atoms with van der Waals surface area (Å²) in [5.74, 6) is 0.479. The number of hydrogen-bond donors (Lipinski definition) is 0. The minimum Gasteiger partial charge on any atom is -0.485 e. The SMILES string of the molecule is CC(C)(C)n1ncc(OCc2ccc(COCC[18F])cc2)c(Cl)c1=O.Cc1ccc(S(=O)(=O)OCCOCc2ccc(COc3cnn(C(C)(C)C)c(=O)c3Cl)cc2)cc1. The Kier molecular flexibility index (Phi) is 17.4. The van der Waals surface area contributed by atoms with Gasteiger partial charge >= 0.3 is 0 Å². The normalized spacial score (nSPS) is 11.8. The van der Waals surface area contributed by atoms with E-state index in [9.17, 15) is 22.4 Å². The van der Waals surface area contributed by atoms with Crippen LogP contribution in [0, 0.1) is 6.92 Å². The molecule has 5 rings (SSSR count). The van der Waals surface area contributed by atoms with Crippen molar-refractivity contribution in [2.45, 2.75) is 90.9 Å². The van der Waals surface area contributed by atoms with E-state index in [4.69, 9.17) is 46.3 Å². The molecule has 0 aliphatic rings. The molecule has 0 spiro atoms. The van der Waals surface area contributed by atoms with Gasteiger partial charge in [0.05, 0.1) is 61.4 Å². The standard InChI is InChI=1S/C25H29ClN2O6S.C18H22ClFN2O3/c1-18-5-11-21(12-6-18)35(30,31)34-14-13-32-16-19-7-9-20(10-8-19)17-33-22-15-27-28(25(2,3)4)24(29)23(22)26;1-18(2,3)22-17(23)16(19)15(10-21-22)25-12-14-6-4-13(5-7-14)11-24-9-8-20/h5-12,15H,13-14,16-17H2,1-4H3;4-7,10H,8-9,11-12H2,1-3H3/i;20-1. The van der Waals surface area contributed by atoms with Gasteiger partial charge in [-0.05, 0) is 82.9 Å². The highest BCUT2D eigenvalue weighted by Gasteiger charge is 2.21. The van der Waals surface area contributed by atoms with Crippen LogP contribution in [-0.4, -0.2) is 54.5 Å². The zero-order valence-corrected chi connectivity index (χ0v) is 37.1. The number of alkyl halides is 1. The first-order valence-electron chi connectivity index (χ1n) is 19.0. The van der Waals surface area contributed by atoms with Crippen LogP contribution in [-0.2, 0) is 61.3 Å². The maximum absolute atomic E-state index is 12.4. The molecule has 0 bridgehead atoms. The number of halogens is 3. The van der Waals surface area contributed by atoms with Gasteiger partial charge in [0.1, 0.15) is 19.9 Å². The van der Waals surface area contributed by atoms with Crippen molar-refractivity contribution in [1.29, 1.82) is 0 Å². The lowest BCUT2D eigenvalue weighted by molar-refractivity contribution is 0.0907. The van der Waals surface area contributed by atoms with Gasteiger partial charge in [0.25, 0.3) is 21.2 Å². The number of benzene rings is 3. The van der Waals surface area contributed by atoms with E-state index in [0.29, 0.717) is 13.2 Å². The lowest BCUT2D eigenvalue weighted by Gasteiger charge is -2.21. The van der Waals surface area contributed by atoms with Gasteiger partial charge in [0, 0.05) is 0 Å². The van der Waals surface area contributed by atoms with Crippen molar-refractivity contribution in [1.82, 2.24) is 19.6 Å². The molecule has 0 saturated carbocycles. The molecule has 17 heteroatoms. The van der Waals surface area contributed by atoms with Gasteiger partial charge in [-0.1, -0.05) is 89.4 Å². The fraction of sp³-hybridized carbons (Fsp3) is 0.395. The summed E-state index contributed by atoms with van der Waals surface area (Å²) in [6.45, 7) is 13.9. The summed E-state index contributed by atoms with van der Waals surface area (Å²) < 4.78 is 65.9. The van der Waals surface area contributed by atoms with Crippen LogP contribution in [0.4, 0.5) is 4.39 Å². The number of nitrogens with zero attached hydrogens (tertiary/aromatic N) is 4. The molecule has 3 aromatic carbocycles. The first-order chi connectivity index (χ1) is 28.3. The van der Waals surface area contributed by atoms with E-state index in [0.717, 1.165) is 27.8 Å². The molecule has 0 saturated heterocycles. The van der Waals surface area contributed by atoms with E-state index >= 15 is 0 Å². The molecule has 0 atom stereocenters. The molecule has 324 valence electrons. The Morgan fingerprint density at radius 3 is 1.37 bits per heavy atom. The van der Waals surface area contributed by atoms with Crippen molar-refractivity contribution in [3.05, 3.63) is 144 Å². The van der Waals surface area contributed by atoms with Crippen molar-refractivity contribution in [3.8, 4) is 11.5 Å². The van der Waals surface area contributed by atoms with E-state index in [1.807, 2.05) is 97.0 Å². The number of ether oxygens (including phenoxy) is 4. The Morgan fingerprint density at radius 2 is 0.983 bits per heavy atom. The van der Waals surface area contributed by atoms with Gasteiger partial charge in [-0.2, -0.15) is 18.6 Å². The van der Waals surface area contributed by atoms with E-state index in [2.05, 4.69) is 10.2 Å². The Morgan fingerprint density at radius 1 is 0.600 bits per heavy atom. The number of aromatic nitrogens is 4. The van der Waals surface area contributed by atoms with Crippen LogP contribution in [0.25, 0.3) is 0 Å². The van der Waals surface area contributed by atoms with Crippen molar-refractivity contribution >= 4 is 33.3 Å². The van der Waals surface area contributed by atoms with Gasteiger partial charge < -0.3 is 18.9 Å². The molecule has 0 N–H and O–H groups in total. The molecular weight excluding hydrogens is 837 g/mol. The smallest absolute Gasteiger partial charge is 0.297 e. The van der Waals surface area contributed by atoms with E-state index < -0.39 is 33.4 Å². The third kappa shape index (κ3) is 14.2. The maximum atomic E-state index is 12.4. The fourth-order valence-corrected chi connectivity index (χ4v) is 6.45. The van der Waals surface area contributed by atoms with E-state index in [1.165, 1.54) is 33.9 Å². The second-order valence-corrected chi connectivity index (χ2v) is 17.9. The lowest BCUT2D eigenvalue weighted by Crippen LogP contribution is -2.36. The van der Waals surface area contributed by atoms with Gasteiger partial charge in [-0.15, -0.1) is 0 Å². The summed E-state index contributed by atoms with van der Waals surface area (Å²) in [6, 6.07) is 21.5. The zero-order chi connectivity index (χ0) is 44.1. The average molecular weight is 889 g/mol.